The summed E-state index contributed by atoms with van der Waals surface area (Å²) in [5.74, 6) is 0. The van der Waals surface area contributed by atoms with Gasteiger partial charge in [0.25, 0.3) is 0 Å². The van der Waals surface area contributed by atoms with Crippen molar-refractivity contribution >= 4 is 22.5 Å². The minimum Gasteiger partial charge on any atom is -0.316 e. The molecule has 2 nitrogen and oxygen atoms in total. The number of hydrogen-bond acceptors (Lipinski definition) is 1. The Labute approximate surface area is 148 Å². The molecule has 0 radical (unpaired) electrons. The molecule has 3 heteroatoms. The number of halogens is 1. The normalized spacial score (nSPS) is 10.9. The molecule has 3 aromatic rings. The smallest absolute Gasteiger partial charge is 0.0995 e. The molecule has 0 bridgehead atoms. The van der Waals surface area contributed by atoms with Crippen molar-refractivity contribution in [1.82, 2.24) is 4.57 Å². The van der Waals surface area contributed by atoms with Crippen LogP contribution in [0.4, 0.5) is 0 Å². The van der Waals surface area contributed by atoms with Gasteiger partial charge in [-0.25, -0.2) is 0 Å². The molecule has 0 aliphatic carbocycles. The topological polar surface area (TPSA) is 28.7 Å². The Morgan fingerprint density at radius 1 is 1.12 bits per heavy atom. The number of fused-ring (bicyclic) bond motifs is 1. The van der Waals surface area contributed by atoms with E-state index < -0.39 is 0 Å². The second-order valence-electron chi connectivity index (χ2n) is 6.10. The molecule has 0 saturated heterocycles. The standard InChI is InChI=1S/C21H21ClN2/c1-3-5-6-19-17(14-23)12-18(13-20(19)22)24-10-9-16-11-15(4-2)7-8-21(16)24/h7-13H,3-6H2,1-2H3. The number of hydrogen-bond donors (Lipinski definition) is 0. The van der Waals surface area contributed by atoms with Crippen molar-refractivity contribution in [3.05, 3.63) is 64.3 Å². The first kappa shape index (κ1) is 16.6. The van der Waals surface area contributed by atoms with Crippen LogP contribution >= 0.6 is 11.6 Å². The zero-order valence-electron chi connectivity index (χ0n) is 14.1. The lowest BCUT2D eigenvalue weighted by Crippen LogP contribution is -1.98. The Bertz CT molecular complexity index is 915. The van der Waals surface area contributed by atoms with Crippen LogP contribution in [0, 0.1) is 11.3 Å². The van der Waals surface area contributed by atoms with E-state index in [1.807, 2.05) is 18.3 Å². The molecule has 0 saturated carbocycles. The predicted octanol–water partition coefficient (Wildman–Crippen LogP) is 6.06. The number of aryl methyl sites for hydroxylation is 1. The summed E-state index contributed by atoms with van der Waals surface area (Å²) in [6, 6.07) is 14.9. The zero-order chi connectivity index (χ0) is 17.1. The summed E-state index contributed by atoms with van der Waals surface area (Å²) in [7, 11) is 0. The summed E-state index contributed by atoms with van der Waals surface area (Å²) in [5, 5.41) is 11.4. The molecule has 2 aromatic carbocycles. The minimum absolute atomic E-state index is 0.679. The van der Waals surface area contributed by atoms with Gasteiger partial charge in [-0.05, 0) is 60.7 Å². The van der Waals surface area contributed by atoms with E-state index in [1.165, 1.54) is 10.9 Å². The Balaban J connectivity index is 2.10. The molecule has 1 heterocycles. The predicted molar refractivity (Wildman–Crippen MR) is 101 cm³/mol. The molecule has 0 aliphatic heterocycles. The van der Waals surface area contributed by atoms with E-state index in [0.717, 1.165) is 42.5 Å². The highest BCUT2D eigenvalue weighted by Crippen LogP contribution is 2.29. The lowest BCUT2D eigenvalue weighted by Gasteiger charge is -2.12. The molecule has 122 valence electrons. The van der Waals surface area contributed by atoms with Crippen LogP contribution in [0.3, 0.4) is 0 Å². The molecule has 0 atom stereocenters. The quantitative estimate of drug-likeness (QED) is 0.556. The van der Waals surface area contributed by atoms with Gasteiger partial charge >= 0.3 is 0 Å². The molecule has 0 fully saturated rings. The van der Waals surface area contributed by atoms with Gasteiger partial charge in [0.05, 0.1) is 17.1 Å². The third kappa shape index (κ3) is 3.05. The zero-order valence-corrected chi connectivity index (χ0v) is 14.9. The molecule has 1 aromatic heterocycles. The number of aromatic nitrogens is 1. The maximum Gasteiger partial charge on any atom is 0.0995 e. The first-order chi connectivity index (χ1) is 11.7. The van der Waals surface area contributed by atoms with Crippen molar-refractivity contribution in [2.45, 2.75) is 39.5 Å². The molecule has 24 heavy (non-hydrogen) atoms. The number of unbranched alkanes of at least 4 members (excludes halogenated alkanes) is 1. The molecule has 0 spiro atoms. The number of benzene rings is 2. The maximum absolute atomic E-state index is 9.53. The third-order valence-corrected chi connectivity index (χ3v) is 4.86. The van der Waals surface area contributed by atoms with Crippen LogP contribution < -0.4 is 0 Å². The maximum atomic E-state index is 9.53. The highest BCUT2D eigenvalue weighted by molar-refractivity contribution is 6.31. The van der Waals surface area contributed by atoms with Gasteiger partial charge in [-0.2, -0.15) is 5.26 Å². The largest absolute Gasteiger partial charge is 0.316 e. The second-order valence-corrected chi connectivity index (χ2v) is 6.51. The average Bonchev–Trinajstić information content (AvgIpc) is 3.03. The van der Waals surface area contributed by atoms with Crippen molar-refractivity contribution in [1.29, 1.82) is 5.26 Å². The van der Waals surface area contributed by atoms with Crippen LogP contribution in [0.25, 0.3) is 16.6 Å². The van der Waals surface area contributed by atoms with E-state index in [4.69, 9.17) is 11.6 Å². The van der Waals surface area contributed by atoms with Crippen LogP contribution in [0.2, 0.25) is 5.02 Å². The van der Waals surface area contributed by atoms with Crippen molar-refractivity contribution < 1.29 is 0 Å². The fourth-order valence-electron chi connectivity index (χ4n) is 3.11. The van der Waals surface area contributed by atoms with Gasteiger partial charge in [0, 0.05) is 22.3 Å². The van der Waals surface area contributed by atoms with Gasteiger partial charge in [0.15, 0.2) is 0 Å². The third-order valence-electron chi connectivity index (χ3n) is 4.52. The van der Waals surface area contributed by atoms with Gasteiger partial charge in [-0.1, -0.05) is 37.9 Å². The van der Waals surface area contributed by atoms with Crippen molar-refractivity contribution in [3.63, 3.8) is 0 Å². The Morgan fingerprint density at radius 2 is 1.96 bits per heavy atom. The first-order valence-corrected chi connectivity index (χ1v) is 8.88. The summed E-state index contributed by atoms with van der Waals surface area (Å²) >= 11 is 6.50. The van der Waals surface area contributed by atoms with Gasteiger partial charge in [-0.15, -0.1) is 0 Å². The lowest BCUT2D eigenvalue weighted by atomic mass is 10.0. The van der Waals surface area contributed by atoms with Crippen LogP contribution in [0.5, 0.6) is 0 Å². The van der Waals surface area contributed by atoms with Crippen LogP contribution in [0.15, 0.2) is 42.6 Å². The molecule has 0 amide bonds. The average molecular weight is 337 g/mol. The Hall–Kier alpha value is -2.24. The van der Waals surface area contributed by atoms with Gasteiger partial charge in [-0.3, -0.25) is 0 Å². The van der Waals surface area contributed by atoms with Crippen molar-refractivity contribution in [2.75, 3.05) is 0 Å². The Morgan fingerprint density at radius 3 is 2.67 bits per heavy atom. The van der Waals surface area contributed by atoms with E-state index in [9.17, 15) is 5.26 Å². The van der Waals surface area contributed by atoms with E-state index >= 15 is 0 Å². The summed E-state index contributed by atoms with van der Waals surface area (Å²) in [6.45, 7) is 4.30. The summed E-state index contributed by atoms with van der Waals surface area (Å²) in [4.78, 5) is 0. The molecule has 0 aliphatic rings. The first-order valence-electron chi connectivity index (χ1n) is 8.50. The highest BCUT2D eigenvalue weighted by Gasteiger charge is 2.12. The summed E-state index contributed by atoms with van der Waals surface area (Å²) < 4.78 is 2.10. The van der Waals surface area contributed by atoms with Gasteiger partial charge < -0.3 is 4.57 Å². The summed E-state index contributed by atoms with van der Waals surface area (Å²) in [6.07, 6.45) is 6.05. The fraction of sp³-hybridized carbons (Fsp3) is 0.286. The molecular formula is C21H21ClN2. The van der Waals surface area contributed by atoms with E-state index in [1.54, 1.807) is 0 Å². The minimum atomic E-state index is 0.679. The molecule has 3 rings (SSSR count). The van der Waals surface area contributed by atoms with Crippen molar-refractivity contribution in [3.8, 4) is 11.8 Å². The van der Waals surface area contributed by atoms with Crippen LogP contribution in [-0.4, -0.2) is 4.57 Å². The van der Waals surface area contributed by atoms with E-state index in [-0.39, 0.29) is 0 Å². The molecule has 0 N–H and O–H groups in total. The number of nitrogens with zero attached hydrogens (tertiary/aromatic N) is 2. The van der Waals surface area contributed by atoms with E-state index in [2.05, 4.69) is 48.7 Å². The number of nitriles is 1. The van der Waals surface area contributed by atoms with Crippen molar-refractivity contribution in [2.24, 2.45) is 0 Å². The van der Waals surface area contributed by atoms with Gasteiger partial charge in [0.1, 0.15) is 0 Å². The fourth-order valence-corrected chi connectivity index (χ4v) is 3.41. The Kier molecular flexibility index (Phi) is 4.92. The van der Waals surface area contributed by atoms with Gasteiger partial charge in [0.2, 0.25) is 0 Å². The monoisotopic (exact) mass is 336 g/mol. The molecular weight excluding hydrogens is 316 g/mol. The van der Waals surface area contributed by atoms with Crippen LogP contribution in [0.1, 0.15) is 43.4 Å². The summed E-state index contributed by atoms with van der Waals surface area (Å²) in [5.41, 5.74) is 5.04. The lowest BCUT2D eigenvalue weighted by molar-refractivity contribution is 0.793. The SMILES string of the molecule is CCCCc1c(Cl)cc(-n2ccc3cc(CC)ccc32)cc1C#N. The van der Waals surface area contributed by atoms with Crippen LogP contribution in [-0.2, 0) is 12.8 Å². The second kappa shape index (κ2) is 7.11. The van der Waals surface area contributed by atoms with E-state index in [0.29, 0.717) is 10.6 Å². The molecule has 0 unspecified atom stereocenters. The number of rotatable bonds is 5. The highest BCUT2D eigenvalue weighted by atomic mass is 35.5.